The molecule has 0 atom stereocenters. The van der Waals surface area contributed by atoms with E-state index in [4.69, 9.17) is 4.74 Å². The van der Waals surface area contributed by atoms with Gasteiger partial charge in [0, 0.05) is 24.9 Å². The van der Waals surface area contributed by atoms with Crippen LogP contribution >= 0.6 is 0 Å². The zero-order chi connectivity index (χ0) is 12.3. The lowest BCUT2D eigenvalue weighted by molar-refractivity contribution is -0.151. The first kappa shape index (κ1) is 12.6. The average molecular weight is 239 g/mol. The fraction of sp³-hybridized carbons (Fsp3) is 0.846. The van der Waals surface area contributed by atoms with Crippen molar-refractivity contribution in [3.05, 3.63) is 0 Å². The van der Waals surface area contributed by atoms with Gasteiger partial charge in [0.2, 0.25) is 0 Å². The second-order valence-corrected chi connectivity index (χ2v) is 5.16. The van der Waals surface area contributed by atoms with Crippen molar-refractivity contribution in [3.63, 3.8) is 0 Å². The first-order chi connectivity index (χ1) is 8.18. The lowest BCUT2D eigenvalue weighted by atomic mass is 9.66. The van der Waals surface area contributed by atoms with Crippen molar-refractivity contribution in [3.8, 4) is 0 Å². The highest BCUT2D eigenvalue weighted by Crippen LogP contribution is 2.41. The van der Waals surface area contributed by atoms with Gasteiger partial charge in [-0.1, -0.05) is 0 Å². The number of esters is 1. The molecule has 2 fully saturated rings. The molecular weight excluding hydrogens is 218 g/mol. The Morgan fingerprint density at radius 2 is 2.18 bits per heavy atom. The fourth-order valence-corrected chi connectivity index (χ4v) is 3.02. The summed E-state index contributed by atoms with van der Waals surface area (Å²) in [6.07, 6.45) is 3.91. The molecule has 0 bridgehead atoms. The number of carbonyl (C=O) groups excluding carboxylic acids is 2. The van der Waals surface area contributed by atoms with E-state index in [1.54, 1.807) is 0 Å². The van der Waals surface area contributed by atoms with E-state index >= 15 is 0 Å². The molecule has 4 nitrogen and oxygen atoms in total. The summed E-state index contributed by atoms with van der Waals surface area (Å²) in [4.78, 5) is 23.6. The summed E-state index contributed by atoms with van der Waals surface area (Å²) in [5, 5.41) is 3.31. The maximum absolute atomic E-state index is 12.0. The molecule has 1 saturated heterocycles. The molecule has 1 spiro atoms. The summed E-state index contributed by atoms with van der Waals surface area (Å²) in [6, 6.07) is 0. The standard InChI is InChI=1S/C13H21NO3/c1-2-17-12(16)10-3-6-13(7-4-10)9-14-8-5-11(13)15/h10,14H,2-9H2,1H3. The molecule has 17 heavy (non-hydrogen) atoms. The lowest BCUT2D eigenvalue weighted by Gasteiger charge is -2.41. The van der Waals surface area contributed by atoms with Gasteiger partial charge in [-0.15, -0.1) is 0 Å². The van der Waals surface area contributed by atoms with Crippen molar-refractivity contribution >= 4 is 11.8 Å². The van der Waals surface area contributed by atoms with Crippen LogP contribution in [0.4, 0.5) is 0 Å². The molecule has 1 N–H and O–H groups in total. The predicted octanol–water partition coefficient (Wildman–Crippen LogP) is 1.29. The molecule has 1 aliphatic carbocycles. The van der Waals surface area contributed by atoms with Gasteiger partial charge >= 0.3 is 5.97 Å². The summed E-state index contributed by atoms with van der Waals surface area (Å²) in [7, 11) is 0. The van der Waals surface area contributed by atoms with Crippen molar-refractivity contribution in [2.75, 3.05) is 19.7 Å². The molecule has 2 aliphatic rings. The second kappa shape index (κ2) is 5.17. The molecule has 0 unspecified atom stereocenters. The molecule has 2 rings (SSSR count). The minimum absolute atomic E-state index is 0.00954. The Balaban J connectivity index is 1.92. The molecule has 96 valence electrons. The number of ketones is 1. The van der Waals surface area contributed by atoms with Crippen LogP contribution in [-0.4, -0.2) is 31.4 Å². The molecule has 1 saturated carbocycles. The van der Waals surface area contributed by atoms with Gasteiger partial charge in [0.05, 0.1) is 12.5 Å². The van der Waals surface area contributed by atoms with E-state index < -0.39 is 0 Å². The lowest BCUT2D eigenvalue weighted by Crippen LogP contribution is -2.49. The fourth-order valence-electron chi connectivity index (χ4n) is 3.02. The minimum Gasteiger partial charge on any atom is -0.466 e. The number of rotatable bonds is 2. The van der Waals surface area contributed by atoms with Crippen LogP contribution in [0, 0.1) is 11.3 Å². The third-order valence-electron chi connectivity index (χ3n) is 4.15. The van der Waals surface area contributed by atoms with E-state index in [0.717, 1.165) is 38.8 Å². The molecular formula is C13H21NO3. The molecule has 0 aromatic heterocycles. The van der Waals surface area contributed by atoms with E-state index in [0.29, 0.717) is 18.8 Å². The van der Waals surface area contributed by atoms with Crippen LogP contribution in [0.2, 0.25) is 0 Å². The van der Waals surface area contributed by atoms with Gasteiger partial charge in [-0.2, -0.15) is 0 Å². The van der Waals surface area contributed by atoms with E-state index in [1.807, 2.05) is 6.92 Å². The van der Waals surface area contributed by atoms with Crippen LogP contribution in [0.25, 0.3) is 0 Å². The number of piperidine rings is 1. The van der Waals surface area contributed by atoms with Gasteiger partial charge in [-0.3, -0.25) is 9.59 Å². The number of hydrogen-bond donors (Lipinski definition) is 1. The van der Waals surface area contributed by atoms with Crippen LogP contribution < -0.4 is 5.32 Å². The molecule has 0 aromatic carbocycles. The van der Waals surface area contributed by atoms with Crippen LogP contribution in [0.5, 0.6) is 0 Å². The Kier molecular flexibility index (Phi) is 3.82. The quantitative estimate of drug-likeness (QED) is 0.738. The van der Waals surface area contributed by atoms with Crippen molar-refractivity contribution in [2.24, 2.45) is 11.3 Å². The van der Waals surface area contributed by atoms with E-state index in [-0.39, 0.29) is 17.3 Å². The largest absolute Gasteiger partial charge is 0.466 e. The van der Waals surface area contributed by atoms with E-state index in [2.05, 4.69) is 5.32 Å². The molecule has 0 amide bonds. The van der Waals surface area contributed by atoms with Gasteiger partial charge in [0.25, 0.3) is 0 Å². The van der Waals surface area contributed by atoms with Gasteiger partial charge in [-0.25, -0.2) is 0 Å². The molecule has 4 heteroatoms. The van der Waals surface area contributed by atoms with Gasteiger partial charge < -0.3 is 10.1 Å². The first-order valence-electron chi connectivity index (χ1n) is 6.58. The third-order valence-corrected chi connectivity index (χ3v) is 4.15. The monoisotopic (exact) mass is 239 g/mol. The van der Waals surface area contributed by atoms with Crippen LogP contribution in [0.15, 0.2) is 0 Å². The van der Waals surface area contributed by atoms with Crippen molar-refractivity contribution in [2.45, 2.75) is 39.0 Å². The van der Waals surface area contributed by atoms with E-state index in [1.165, 1.54) is 0 Å². The Bertz CT molecular complexity index is 306. The highest BCUT2D eigenvalue weighted by atomic mass is 16.5. The van der Waals surface area contributed by atoms with Gasteiger partial charge in [-0.05, 0) is 32.6 Å². The summed E-state index contributed by atoms with van der Waals surface area (Å²) < 4.78 is 5.04. The zero-order valence-corrected chi connectivity index (χ0v) is 10.5. The third kappa shape index (κ3) is 2.51. The Labute approximate surface area is 102 Å². The first-order valence-corrected chi connectivity index (χ1v) is 6.58. The number of nitrogens with one attached hydrogen (secondary N) is 1. The Morgan fingerprint density at radius 1 is 1.47 bits per heavy atom. The Morgan fingerprint density at radius 3 is 2.76 bits per heavy atom. The molecule has 0 aromatic rings. The molecule has 1 aliphatic heterocycles. The highest BCUT2D eigenvalue weighted by Gasteiger charge is 2.43. The SMILES string of the molecule is CCOC(=O)C1CCC2(CC1)CNCCC2=O. The maximum atomic E-state index is 12.0. The topological polar surface area (TPSA) is 55.4 Å². The zero-order valence-electron chi connectivity index (χ0n) is 10.5. The summed E-state index contributed by atoms with van der Waals surface area (Å²) in [5.41, 5.74) is -0.179. The number of ether oxygens (including phenoxy) is 1. The second-order valence-electron chi connectivity index (χ2n) is 5.16. The number of Topliss-reactive ketones (excluding diaryl/α,β-unsaturated/α-hetero) is 1. The minimum atomic E-state index is -0.179. The predicted molar refractivity (Wildman–Crippen MR) is 63.5 cm³/mol. The number of hydrogen-bond acceptors (Lipinski definition) is 4. The van der Waals surface area contributed by atoms with Crippen LogP contribution in [-0.2, 0) is 14.3 Å². The van der Waals surface area contributed by atoms with Gasteiger partial charge in [0.15, 0.2) is 0 Å². The average Bonchev–Trinajstić information content (AvgIpc) is 2.34. The van der Waals surface area contributed by atoms with Gasteiger partial charge in [0.1, 0.15) is 5.78 Å². The summed E-state index contributed by atoms with van der Waals surface area (Å²) in [6.45, 7) is 3.88. The Hall–Kier alpha value is -0.900. The van der Waals surface area contributed by atoms with Crippen LogP contribution in [0.1, 0.15) is 39.0 Å². The smallest absolute Gasteiger partial charge is 0.308 e. The van der Waals surface area contributed by atoms with E-state index in [9.17, 15) is 9.59 Å². The highest BCUT2D eigenvalue weighted by molar-refractivity contribution is 5.86. The van der Waals surface area contributed by atoms with Crippen molar-refractivity contribution in [1.29, 1.82) is 0 Å². The maximum Gasteiger partial charge on any atom is 0.308 e. The summed E-state index contributed by atoms with van der Waals surface area (Å²) >= 11 is 0. The van der Waals surface area contributed by atoms with Crippen molar-refractivity contribution in [1.82, 2.24) is 5.32 Å². The normalized spacial score (nSPS) is 33.7. The summed E-state index contributed by atoms with van der Waals surface area (Å²) in [5.74, 6) is 0.312. The van der Waals surface area contributed by atoms with Crippen molar-refractivity contribution < 1.29 is 14.3 Å². The number of carbonyl (C=O) groups is 2. The molecule has 1 heterocycles. The molecule has 0 radical (unpaired) electrons. The van der Waals surface area contributed by atoms with Crippen LogP contribution in [0.3, 0.4) is 0 Å².